The maximum absolute atomic E-state index is 13.9. The third-order valence-corrected chi connectivity index (χ3v) is 10.5. The zero-order chi connectivity index (χ0) is 31.8. The minimum absolute atomic E-state index is 0.0413. The molecule has 5 heterocycles. The number of rotatable bonds is 10. The number of anilines is 4. The standard InChI is InChI=1S/C33H46F3N9O/c1-41-16-18-43(19-17-41)24-9-14-42(15-10-24)25-7-8-29(27(20-25)23-5-6-23)39-31-38-21-28(33(34,35)36)30(40-31)37-11-3-12-44-22-26-4-2-13-45(26)32(44)46/h7-8,20-21,23-24,26H,2-6,9-19,22H2,1H3,(H2,37,38,39,40)/t26-/m0/s1. The molecule has 5 fully saturated rings. The lowest BCUT2D eigenvalue weighted by Gasteiger charge is -2.42. The predicted molar refractivity (Wildman–Crippen MR) is 173 cm³/mol. The minimum atomic E-state index is -4.59. The molecular weight excluding hydrogens is 595 g/mol. The molecule has 2 amide bonds. The van der Waals surface area contributed by atoms with Crippen molar-refractivity contribution < 1.29 is 18.0 Å². The first kappa shape index (κ1) is 31.3. The van der Waals surface area contributed by atoms with Gasteiger partial charge in [-0.25, -0.2) is 9.78 Å². The van der Waals surface area contributed by atoms with E-state index in [9.17, 15) is 18.0 Å². The number of carbonyl (C=O) groups is 1. The summed E-state index contributed by atoms with van der Waals surface area (Å²) in [6.45, 7) is 8.88. The van der Waals surface area contributed by atoms with Crippen molar-refractivity contribution in [3.63, 3.8) is 0 Å². The normalized spacial score (nSPS) is 23.3. The van der Waals surface area contributed by atoms with Gasteiger partial charge in [0.2, 0.25) is 5.95 Å². The van der Waals surface area contributed by atoms with Gasteiger partial charge in [0.15, 0.2) is 0 Å². The molecule has 13 heteroatoms. The molecule has 1 atom stereocenters. The number of urea groups is 1. The van der Waals surface area contributed by atoms with Crippen molar-refractivity contribution in [2.24, 2.45) is 0 Å². The summed E-state index contributed by atoms with van der Waals surface area (Å²) in [4.78, 5) is 32.2. The maximum atomic E-state index is 13.9. The molecule has 4 aliphatic heterocycles. The Labute approximate surface area is 269 Å². The number of hydrogen-bond acceptors (Lipinski definition) is 8. The number of nitrogens with one attached hydrogen (secondary N) is 2. The van der Waals surface area contributed by atoms with Crippen LogP contribution in [0.1, 0.15) is 62.0 Å². The average molecular weight is 642 g/mol. The zero-order valence-electron chi connectivity index (χ0n) is 26.7. The van der Waals surface area contributed by atoms with Crippen molar-refractivity contribution >= 4 is 29.2 Å². The lowest BCUT2D eigenvalue weighted by Crippen LogP contribution is -2.52. The third kappa shape index (κ3) is 6.85. The highest BCUT2D eigenvalue weighted by Crippen LogP contribution is 2.45. The second kappa shape index (κ2) is 13.1. The fourth-order valence-electron chi connectivity index (χ4n) is 7.63. The van der Waals surface area contributed by atoms with Crippen LogP contribution in [0, 0.1) is 0 Å². The highest BCUT2D eigenvalue weighted by molar-refractivity contribution is 5.77. The van der Waals surface area contributed by atoms with E-state index in [2.05, 4.69) is 54.5 Å². The van der Waals surface area contributed by atoms with E-state index in [-0.39, 0.29) is 30.4 Å². The maximum Gasteiger partial charge on any atom is 0.421 e. The molecule has 1 saturated carbocycles. The first-order valence-corrected chi connectivity index (χ1v) is 17.0. The number of benzene rings is 1. The van der Waals surface area contributed by atoms with Crippen LogP contribution in [0.2, 0.25) is 0 Å². The first-order chi connectivity index (χ1) is 22.2. The highest BCUT2D eigenvalue weighted by Gasteiger charge is 2.40. The van der Waals surface area contributed by atoms with Crippen LogP contribution in [-0.4, -0.2) is 120 Å². The third-order valence-electron chi connectivity index (χ3n) is 10.5. The van der Waals surface area contributed by atoms with Crippen molar-refractivity contribution in [3.8, 4) is 0 Å². The molecule has 10 nitrogen and oxygen atoms in total. The van der Waals surface area contributed by atoms with Gasteiger partial charge >= 0.3 is 12.2 Å². The van der Waals surface area contributed by atoms with Gasteiger partial charge < -0.3 is 30.2 Å². The molecule has 46 heavy (non-hydrogen) atoms. The van der Waals surface area contributed by atoms with E-state index in [0.29, 0.717) is 31.5 Å². The van der Waals surface area contributed by atoms with Crippen molar-refractivity contribution in [1.29, 1.82) is 0 Å². The number of piperazine rings is 1. The summed E-state index contributed by atoms with van der Waals surface area (Å²) in [7, 11) is 2.19. The van der Waals surface area contributed by atoms with Crippen LogP contribution < -0.4 is 15.5 Å². The molecule has 1 aromatic heterocycles. The van der Waals surface area contributed by atoms with Gasteiger partial charge in [0.1, 0.15) is 11.4 Å². The number of piperidine rings is 1. The Morgan fingerprint density at radius 2 is 1.74 bits per heavy atom. The minimum Gasteiger partial charge on any atom is -0.371 e. The number of likely N-dealkylation sites (N-methyl/N-ethyl adjacent to an activating group) is 1. The van der Waals surface area contributed by atoms with E-state index in [4.69, 9.17) is 0 Å². The van der Waals surface area contributed by atoms with Crippen molar-refractivity contribution in [2.45, 2.75) is 69.1 Å². The predicted octanol–water partition coefficient (Wildman–Crippen LogP) is 5.03. The van der Waals surface area contributed by atoms with Crippen LogP contribution in [0.5, 0.6) is 0 Å². The number of amides is 2. The van der Waals surface area contributed by atoms with E-state index in [1.165, 1.54) is 11.3 Å². The smallest absolute Gasteiger partial charge is 0.371 e. The number of aromatic nitrogens is 2. The zero-order valence-corrected chi connectivity index (χ0v) is 26.7. The number of halogens is 3. The highest BCUT2D eigenvalue weighted by atomic mass is 19.4. The summed E-state index contributed by atoms with van der Waals surface area (Å²) < 4.78 is 41.6. The fraction of sp³-hybridized carbons (Fsp3) is 0.667. The lowest BCUT2D eigenvalue weighted by atomic mass is 10.0. The monoisotopic (exact) mass is 641 g/mol. The Morgan fingerprint density at radius 1 is 0.957 bits per heavy atom. The van der Waals surface area contributed by atoms with E-state index in [1.807, 2.05) is 15.9 Å². The Balaban J connectivity index is 0.990. The molecule has 5 aliphatic rings. The quantitative estimate of drug-likeness (QED) is 0.350. The van der Waals surface area contributed by atoms with Gasteiger partial charge in [0.25, 0.3) is 0 Å². The average Bonchev–Trinajstić information content (AvgIpc) is 3.72. The van der Waals surface area contributed by atoms with E-state index in [0.717, 1.165) is 96.2 Å². The van der Waals surface area contributed by atoms with Crippen molar-refractivity contribution in [1.82, 2.24) is 29.6 Å². The molecule has 4 saturated heterocycles. The number of fused-ring (bicyclic) bond motifs is 1. The molecule has 0 spiro atoms. The van der Waals surface area contributed by atoms with E-state index in [1.54, 1.807) is 0 Å². The molecule has 2 N–H and O–H groups in total. The SMILES string of the molecule is CN1CCN(C2CCN(c3ccc(Nc4ncc(C(F)(F)F)c(NCCCN5C[C@@H]6CCCN6C5=O)n4)c(C4CC4)c3)CC2)CC1. The molecule has 1 aliphatic carbocycles. The van der Waals surface area contributed by atoms with Crippen LogP contribution in [0.4, 0.5) is 41.1 Å². The number of carbonyl (C=O) groups excluding carboxylic acids is 1. The molecule has 7 rings (SSSR count). The van der Waals surface area contributed by atoms with Gasteiger partial charge in [-0.1, -0.05) is 0 Å². The molecule has 0 bridgehead atoms. The van der Waals surface area contributed by atoms with E-state index < -0.39 is 11.7 Å². The first-order valence-electron chi connectivity index (χ1n) is 17.0. The Bertz CT molecular complexity index is 1390. The summed E-state index contributed by atoms with van der Waals surface area (Å²) in [5.41, 5.74) is 2.33. The Kier molecular flexibility index (Phi) is 8.88. The molecule has 1 aromatic carbocycles. The summed E-state index contributed by atoms with van der Waals surface area (Å²) in [5, 5.41) is 6.13. The van der Waals surface area contributed by atoms with Crippen molar-refractivity contribution in [2.75, 3.05) is 88.0 Å². The Hall–Kier alpha value is -3.32. The number of nitrogens with zero attached hydrogens (tertiary/aromatic N) is 7. The van der Waals surface area contributed by atoms with Crippen LogP contribution in [-0.2, 0) is 6.18 Å². The second-order valence-electron chi connectivity index (χ2n) is 13.7. The van der Waals surface area contributed by atoms with Crippen LogP contribution in [0.3, 0.4) is 0 Å². The lowest BCUT2D eigenvalue weighted by molar-refractivity contribution is -0.137. The van der Waals surface area contributed by atoms with Crippen LogP contribution >= 0.6 is 0 Å². The molecule has 0 unspecified atom stereocenters. The summed E-state index contributed by atoms with van der Waals surface area (Å²) in [6, 6.07) is 7.36. The number of hydrogen-bond donors (Lipinski definition) is 2. The largest absolute Gasteiger partial charge is 0.421 e. The summed E-state index contributed by atoms with van der Waals surface area (Å²) in [5.74, 6) is 0.321. The fourth-order valence-corrected chi connectivity index (χ4v) is 7.63. The van der Waals surface area contributed by atoms with Gasteiger partial charge in [-0.05, 0) is 81.7 Å². The molecule has 2 aromatic rings. The van der Waals surface area contributed by atoms with Crippen molar-refractivity contribution in [3.05, 3.63) is 35.5 Å². The summed E-state index contributed by atoms with van der Waals surface area (Å²) in [6.07, 6.45) is 3.36. The van der Waals surface area contributed by atoms with Gasteiger partial charge in [-0.2, -0.15) is 18.2 Å². The van der Waals surface area contributed by atoms with Gasteiger partial charge in [-0.3, -0.25) is 4.90 Å². The van der Waals surface area contributed by atoms with Gasteiger partial charge in [0.05, 0.1) is 6.04 Å². The Morgan fingerprint density at radius 3 is 2.46 bits per heavy atom. The molecule has 250 valence electrons. The van der Waals surface area contributed by atoms with Gasteiger partial charge in [-0.15, -0.1) is 0 Å². The van der Waals surface area contributed by atoms with Gasteiger partial charge in [0, 0.05) is 89.1 Å². The van der Waals surface area contributed by atoms with Crippen LogP contribution in [0.15, 0.2) is 24.4 Å². The van der Waals surface area contributed by atoms with Crippen LogP contribution in [0.25, 0.3) is 0 Å². The molecular formula is C33H46F3N9O. The number of alkyl halides is 3. The molecule has 0 radical (unpaired) electrons. The van der Waals surface area contributed by atoms with E-state index >= 15 is 0 Å². The second-order valence-corrected chi connectivity index (χ2v) is 13.7. The summed E-state index contributed by atoms with van der Waals surface area (Å²) >= 11 is 0. The topological polar surface area (TPSA) is 83.1 Å².